The van der Waals surface area contributed by atoms with Crippen LogP contribution in [-0.2, 0) is 0 Å². The summed E-state index contributed by atoms with van der Waals surface area (Å²) in [5.74, 6) is -0.161. The Kier molecular flexibility index (Phi) is 3.83. The summed E-state index contributed by atoms with van der Waals surface area (Å²) in [7, 11) is 0. The molecular formula is C15H10O4. The van der Waals surface area contributed by atoms with Crippen LogP contribution in [0.4, 0.5) is 0 Å². The molecule has 0 saturated heterocycles. The largest absolute Gasteiger partial charge is 0.423 e. The number of hydrogen-bond donors (Lipinski definition) is 0. The minimum Gasteiger partial charge on any atom is -0.423 e. The zero-order valence-electron chi connectivity index (χ0n) is 9.91. The highest BCUT2D eigenvalue weighted by molar-refractivity contribution is 5.92. The molecule has 2 aromatic rings. The van der Waals surface area contributed by atoms with Gasteiger partial charge in [-0.3, -0.25) is 9.59 Å². The second-order valence-electron chi connectivity index (χ2n) is 3.82. The van der Waals surface area contributed by atoms with Gasteiger partial charge in [-0.1, -0.05) is 12.1 Å². The van der Waals surface area contributed by atoms with E-state index in [1.165, 1.54) is 12.1 Å². The molecule has 0 heterocycles. The van der Waals surface area contributed by atoms with Crippen LogP contribution in [0.5, 0.6) is 5.75 Å². The van der Waals surface area contributed by atoms with Gasteiger partial charge in [0.15, 0.2) is 0 Å². The van der Waals surface area contributed by atoms with Crippen LogP contribution in [0.3, 0.4) is 0 Å². The molecule has 0 aromatic heterocycles. The fourth-order valence-corrected chi connectivity index (χ4v) is 1.48. The molecule has 4 nitrogen and oxygen atoms in total. The normalized spacial score (nSPS) is 9.68. The van der Waals surface area contributed by atoms with Gasteiger partial charge < -0.3 is 4.74 Å². The van der Waals surface area contributed by atoms with Crippen molar-refractivity contribution in [3.05, 3.63) is 65.2 Å². The van der Waals surface area contributed by atoms with Crippen molar-refractivity contribution in [2.45, 2.75) is 0 Å². The molecule has 2 aromatic carbocycles. The van der Waals surface area contributed by atoms with E-state index in [1.54, 1.807) is 36.4 Å². The van der Waals surface area contributed by atoms with E-state index in [-0.39, 0.29) is 0 Å². The predicted molar refractivity (Wildman–Crippen MR) is 68.6 cm³/mol. The molecule has 0 fully saturated rings. The van der Waals surface area contributed by atoms with Crippen LogP contribution < -0.4 is 4.74 Å². The van der Waals surface area contributed by atoms with E-state index in [2.05, 4.69) is 0 Å². The molecule has 0 unspecified atom stereocenters. The zero-order valence-corrected chi connectivity index (χ0v) is 9.91. The van der Waals surface area contributed by atoms with Crippen LogP contribution in [0.25, 0.3) is 0 Å². The van der Waals surface area contributed by atoms with Gasteiger partial charge in [0.2, 0.25) is 0 Å². The quantitative estimate of drug-likeness (QED) is 0.478. The van der Waals surface area contributed by atoms with Crippen molar-refractivity contribution in [2.75, 3.05) is 0 Å². The van der Waals surface area contributed by atoms with Crippen molar-refractivity contribution in [3.8, 4) is 5.75 Å². The minimum absolute atomic E-state index is 0.352. The number of carbonyl (C=O) groups excluding carboxylic acids is 3. The van der Waals surface area contributed by atoms with E-state index >= 15 is 0 Å². The monoisotopic (exact) mass is 254 g/mol. The molecule has 19 heavy (non-hydrogen) atoms. The number of esters is 1. The smallest absolute Gasteiger partial charge is 0.343 e. The second kappa shape index (κ2) is 5.73. The van der Waals surface area contributed by atoms with E-state index in [9.17, 15) is 14.4 Å². The number of aldehydes is 2. The van der Waals surface area contributed by atoms with E-state index in [1.807, 2.05) is 0 Å². The fraction of sp³-hybridized carbons (Fsp3) is 0. The number of carbonyl (C=O) groups is 3. The van der Waals surface area contributed by atoms with Crippen LogP contribution in [0.1, 0.15) is 31.1 Å². The predicted octanol–water partition coefficient (Wildman–Crippen LogP) is 2.53. The Labute approximate surface area is 109 Å². The Hall–Kier alpha value is -2.75. The molecule has 0 spiro atoms. The van der Waals surface area contributed by atoms with Crippen LogP contribution >= 0.6 is 0 Å². The molecule has 2 rings (SSSR count). The van der Waals surface area contributed by atoms with Crippen LogP contribution in [0.2, 0.25) is 0 Å². The highest BCUT2D eigenvalue weighted by Crippen LogP contribution is 2.13. The lowest BCUT2D eigenvalue weighted by molar-refractivity contribution is 0.0734. The van der Waals surface area contributed by atoms with Gasteiger partial charge >= 0.3 is 5.97 Å². The first kappa shape index (κ1) is 12.7. The summed E-state index contributed by atoms with van der Waals surface area (Å²) < 4.78 is 5.13. The lowest BCUT2D eigenvalue weighted by atomic mass is 10.1. The van der Waals surface area contributed by atoms with Gasteiger partial charge in [-0.05, 0) is 36.4 Å². The topological polar surface area (TPSA) is 60.4 Å². The lowest BCUT2D eigenvalue weighted by Gasteiger charge is -2.04. The average molecular weight is 254 g/mol. The summed E-state index contributed by atoms with van der Waals surface area (Å²) in [5, 5.41) is 0. The SMILES string of the molecule is O=Cc1ccc(OC(=O)c2ccc(C=O)cc2)cc1. The van der Waals surface area contributed by atoms with Crippen molar-refractivity contribution in [2.24, 2.45) is 0 Å². The first-order chi connectivity index (χ1) is 9.22. The van der Waals surface area contributed by atoms with Gasteiger partial charge in [0.1, 0.15) is 18.3 Å². The lowest BCUT2D eigenvalue weighted by Crippen LogP contribution is -2.08. The Morgan fingerprint density at radius 2 is 1.26 bits per heavy atom. The fourth-order valence-electron chi connectivity index (χ4n) is 1.48. The summed E-state index contributed by atoms with van der Waals surface area (Å²) in [6.07, 6.45) is 1.41. The summed E-state index contributed by atoms with van der Waals surface area (Å²) in [6, 6.07) is 12.3. The molecule has 0 saturated carbocycles. The van der Waals surface area contributed by atoms with E-state index < -0.39 is 5.97 Å². The minimum atomic E-state index is -0.517. The first-order valence-electron chi connectivity index (χ1n) is 5.55. The molecule has 4 heteroatoms. The molecular weight excluding hydrogens is 244 g/mol. The molecule has 0 aliphatic rings. The molecule has 0 bridgehead atoms. The standard InChI is InChI=1S/C15H10O4/c16-9-11-1-5-13(6-2-11)15(18)19-14-7-3-12(10-17)4-8-14/h1-10H. The Balaban J connectivity index is 2.10. The molecule has 0 aliphatic heterocycles. The summed E-state index contributed by atoms with van der Waals surface area (Å²) in [4.78, 5) is 32.8. The van der Waals surface area contributed by atoms with Crippen molar-refractivity contribution in [1.29, 1.82) is 0 Å². The van der Waals surface area contributed by atoms with Gasteiger partial charge in [-0.15, -0.1) is 0 Å². The highest BCUT2D eigenvalue weighted by atomic mass is 16.5. The molecule has 0 atom stereocenters. The maximum atomic E-state index is 11.8. The third-order valence-corrected chi connectivity index (χ3v) is 2.51. The van der Waals surface area contributed by atoms with Gasteiger partial charge in [-0.2, -0.15) is 0 Å². The second-order valence-corrected chi connectivity index (χ2v) is 3.82. The maximum Gasteiger partial charge on any atom is 0.343 e. The van der Waals surface area contributed by atoms with Gasteiger partial charge in [-0.25, -0.2) is 4.79 Å². The maximum absolute atomic E-state index is 11.8. The zero-order chi connectivity index (χ0) is 13.7. The number of ether oxygens (including phenoxy) is 1. The van der Waals surface area contributed by atoms with Crippen molar-refractivity contribution < 1.29 is 19.1 Å². The van der Waals surface area contributed by atoms with Crippen molar-refractivity contribution >= 4 is 18.5 Å². The third-order valence-electron chi connectivity index (χ3n) is 2.51. The van der Waals surface area contributed by atoms with Crippen molar-refractivity contribution in [3.63, 3.8) is 0 Å². The number of benzene rings is 2. The third kappa shape index (κ3) is 3.13. The number of rotatable bonds is 4. The van der Waals surface area contributed by atoms with Crippen LogP contribution in [-0.4, -0.2) is 18.5 Å². The average Bonchev–Trinajstić information content (AvgIpc) is 2.48. The summed E-state index contributed by atoms with van der Waals surface area (Å²) in [6.45, 7) is 0. The Bertz CT molecular complexity index is 597. The molecule has 94 valence electrons. The molecule has 0 radical (unpaired) electrons. The van der Waals surface area contributed by atoms with Crippen molar-refractivity contribution in [1.82, 2.24) is 0 Å². The molecule has 0 aliphatic carbocycles. The Morgan fingerprint density at radius 3 is 1.74 bits per heavy atom. The Morgan fingerprint density at radius 1 is 0.789 bits per heavy atom. The summed E-state index contributed by atoms with van der Waals surface area (Å²) >= 11 is 0. The van der Waals surface area contributed by atoms with Crippen LogP contribution in [0, 0.1) is 0 Å². The number of hydrogen-bond acceptors (Lipinski definition) is 4. The highest BCUT2D eigenvalue weighted by Gasteiger charge is 2.08. The van der Waals surface area contributed by atoms with E-state index in [0.717, 1.165) is 0 Å². The van der Waals surface area contributed by atoms with E-state index in [0.29, 0.717) is 35.0 Å². The van der Waals surface area contributed by atoms with E-state index in [4.69, 9.17) is 4.74 Å². The van der Waals surface area contributed by atoms with Gasteiger partial charge in [0.05, 0.1) is 5.56 Å². The molecule has 0 N–H and O–H groups in total. The summed E-state index contributed by atoms with van der Waals surface area (Å²) in [5.41, 5.74) is 1.35. The first-order valence-corrected chi connectivity index (χ1v) is 5.55. The van der Waals surface area contributed by atoms with Crippen LogP contribution in [0.15, 0.2) is 48.5 Å². The van der Waals surface area contributed by atoms with Gasteiger partial charge in [0, 0.05) is 11.1 Å². The molecule has 0 amide bonds. The van der Waals surface area contributed by atoms with Gasteiger partial charge in [0.25, 0.3) is 0 Å².